The number of hydrogen-bond acceptors (Lipinski definition) is 6. The van der Waals surface area contributed by atoms with Crippen molar-refractivity contribution in [1.82, 2.24) is 0 Å². The molecule has 2 aromatic carbocycles. The first kappa shape index (κ1) is 18.4. The monoisotopic (exact) mass is 369 g/mol. The zero-order valence-corrected chi connectivity index (χ0v) is 15.5. The molecule has 0 bridgehead atoms. The minimum absolute atomic E-state index is 0.0403. The van der Waals surface area contributed by atoms with Crippen molar-refractivity contribution in [2.24, 2.45) is 0 Å². The highest BCUT2D eigenvalue weighted by Crippen LogP contribution is 2.32. The molecule has 0 N–H and O–H groups in total. The Balaban J connectivity index is 2.06. The van der Waals surface area contributed by atoms with E-state index in [0.29, 0.717) is 33.6 Å². The first-order valence-corrected chi connectivity index (χ1v) is 8.30. The van der Waals surface area contributed by atoms with E-state index >= 15 is 0 Å². The fourth-order valence-electron chi connectivity index (χ4n) is 2.95. The van der Waals surface area contributed by atoms with Crippen molar-refractivity contribution in [2.75, 3.05) is 7.11 Å². The number of nitrogens with zero attached hydrogens (tertiary/aromatic N) is 1. The third-order valence-electron chi connectivity index (χ3n) is 4.51. The van der Waals surface area contributed by atoms with Crippen molar-refractivity contribution in [3.05, 3.63) is 73.1 Å². The lowest BCUT2D eigenvalue weighted by molar-refractivity contribution is -0.385. The van der Waals surface area contributed by atoms with Crippen molar-refractivity contribution in [2.45, 2.75) is 27.4 Å². The zero-order valence-electron chi connectivity index (χ0n) is 15.5. The average molecular weight is 369 g/mol. The van der Waals surface area contributed by atoms with Gasteiger partial charge in [0.2, 0.25) is 0 Å². The molecule has 0 aliphatic rings. The number of non-ortho nitro benzene ring substituents is 1. The summed E-state index contributed by atoms with van der Waals surface area (Å²) in [4.78, 5) is 22.5. The zero-order chi connectivity index (χ0) is 19.7. The quantitative estimate of drug-likeness (QED) is 0.380. The fraction of sp³-hybridized carbons (Fsp3) is 0.250. The molecule has 0 aliphatic carbocycles. The van der Waals surface area contributed by atoms with E-state index in [1.54, 1.807) is 19.1 Å². The Hall–Kier alpha value is -3.35. The van der Waals surface area contributed by atoms with Crippen LogP contribution in [0.2, 0.25) is 0 Å². The highest BCUT2D eigenvalue weighted by atomic mass is 16.6. The van der Waals surface area contributed by atoms with Gasteiger partial charge in [0.05, 0.1) is 17.4 Å². The first-order chi connectivity index (χ1) is 12.8. The Labute approximate surface area is 155 Å². The number of nitro groups is 1. The average Bonchev–Trinajstić information content (AvgIpc) is 2.63. The molecular formula is C20H19NO6. The maximum absolute atomic E-state index is 12.0. The molecule has 1 heterocycles. The van der Waals surface area contributed by atoms with Crippen LogP contribution in [0.5, 0.6) is 11.5 Å². The smallest absolute Gasteiger partial charge is 0.339 e. The van der Waals surface area contributed by atoms with Gasteiger partial charge in [0.1, 0.15) is 23.7 Å². The van der Waals surface area contributed by atoms with E-state index < -0.39 is 4.92 Å². The predicted octanol–water partition coefficient (Wildman–Crippen LogP) is 4.21. The fourth-order valence-corrected chi connectivity index (χ4v) is 2.95. The van der Waals surface area contributed by atoms with Crippen LogP contribution in [-0.2, 0) is 6.61 Å². The first-order valence-electron chi connectivity index (χ1n) is 8.30. The molecule has 0 unspecified atom stereocenters. The van der Waals surface area contributed by atoms with Crippen LogP contribution in [0.3, 0.4) is 0 Å². The molecule has 0 spiro atoms. The van der Waals surface area contributed by atoms with Gasteiger partial charge in [-0.2, -0.15) is 0 Å². The molecule has 1 aromatic heterocycles. The number of methoxy groups -OCH3 is 1. The van der Waals surface area contributed by atoms with Crippen LogP contribution in [0, 0.1) is 30.9 Å². The highest BCUT2D eigenvalue weighted by Gasteiger charge is 2.16. The van der Waals surface area contributed by atoms with E-state index in [-0.39, 0.29) is 17.9 Å². The summed E-state index contributed by atoms with van der Waals surface area (Å²) in [5.74, 6) is 1.04. The molecule has 0 amide bonds. The van der Waals surface area contributed by atoms with Gasteiger partial charge in [-0.1, -0.05) is 0 Å². The molecule has 0 saturated carbocycles. The Kier molecular flexibility index (Phi) is 4.85. The number of nitro benzene ring substituents is 1. The van der Waals surface area contributed by atoms with Gasteiger partial charge >= 0.3 is 5.63 Å². The molecule has 0 saturated heterocycles. The van der Waals surface area contributed by atoms with Gasteiger partial charge in [0.25, 0.3) is 5.69 Å². The second-order valence-corrected chi connectivity index (χ2v) is 6.32. The van der Waals surface area contributed by atoms with Gasteiger partial charge in [-0.05, 0) is 50.1 Å². The van der Waals surface area contributed by atoms with Crippen LogP contribution in [0.25, 0.3) is 11.0 Å². The summed E-state index contributed by atoms with van der Waals surface area (Å²) in [6.07, 6.45) is 0. The van der Waals surface area contributed by atoms with Gasteiger partial charge < -0.3 is 13.9 Å². The Morgan fingerprint density at radius 1 is 1.07 bits per heavy atom. The second-order valence-electron chi connectivity index (χ2n) is 6.32. The van der Waals surface area contributed by atoms with E-state index in [1.807, 2.05) is 19.9 Å². The number of rotatable bonds is 5. The highest BCUT2D eigenvalue weighted by molar-refractivity contribution is 5.88. The summed E-state index contributed by atoms with van der Waals surface area (Å²) >= 11 is 0. The minimum Gasteiger partial charge on any atom is -0.496 e. The summed E-state index contributed by atoms with van der Waals surface area (Å²) in [5.41, 5.74) is 2.75. The predicted molar refractivity (Wildman–Crippen MR) is 101 cm³/mol. The van der Waals surface area contributed by atoms with Crippen LogP contribution >= 0.6 is 0 Å². The standard InChI is InChI=1S/C20H19NO6/c1-11-7-17(19-12(2)13(3)20(22)27-18(19)8-11)26-10-14-9-15(21(23)24)5-6-16(14)25-4/h5-9H,10H2,1-4H3. The lowest BCUT2D eigenvalue weighted by atomic mass is 10.0. The topological polar surface area (TPSA) is 91.8 Å². The van der Waals surface area contributed by atoms with Gasteiger partial charge in [0.15, 0.2) is 0 Å². The SMILES string of the molecule is COc1ccc([N+](=O)[O-])cc1COc1cc(C)cc2oc(=O)c(C)c(C)c12. The summed E-state index contributed by atoms with van der Waals surface area (Å²) in [7, 11) is 1.49. The van der Waals surface area contributed by atoms with Crippen molar-refractivity contribution in [3.63, 3.8) is 0 Å². The molecule has 3 aromatic rings. The largest absolute Gasteiger partial charge is 0.496 e. The number of aryl methyl sites for hydroxylation is 2. The lowest BCUT2D eigenvalue weighted by Gasteiger charge is -2.14. The van der Waals surface area contributed by atoms with Crippen molar-refractivity contribution in [3.8, 4) is 11.5 Å². The third kappa shape index (κ3) is 3.48. The van der Waals surface area contributed by atoms with Crippen LogP contribution in [0.4, 0.5) is 5.69 Å². The summed E-state index contributed by atoms with van der Waals surface area (Å²) in [5, 5.41) is 11.8. The summed E-state index contributed by atoms with van der Waals surface area (Å²) in [6.45, 7) is 5.48. The lowest BCUT2D eigenvalue weighted by Crippen LogP contribution is -2.07. The van der Waals surface area contributed by atoms with Gasteiger partial charge in [0, 0.05) is 23.3 Å². The normalized spacial score (nSPS) is 10.8. The Morgan fingerprint density at radius 2 is 1.81 bits per heavy atom. The van der Waals surface area contributed by atoms with E-state index in [9.17, 15) is 14.9 Å². The second kappa shape index (κ2) is 7.11. The third-order valence-corrected chi connectivity index (χ3v) is 4.51. The molecule has 7 nitrogen and oxygen atoms in total. The summed E-state index contributed by atoms with van der Waals surface area (Å²) < 4.78 is 16.6. The van der Waals surface area contributed by atoms with E-state index in [0.717, 1.165) is 11.1 Å². The molecule has 7 heteroatoms. The number of benzene rings is 2. The van der Waals surface area contributed by atoms with E-state index in [1.165, 1.54) is 19.2 Å². The number of fused-ring (bicyclic) bond motifs is 1. The van der Waals surface area contributed by atoms with Crippen molar-refractivity contribution >= 4 is 16.7 Å². The Morgan fingerprint density at radius 3 is 2.48 bits per heavy atom. The van der Waals surface area contributed by atoms with Crippen LogP contribution in [0.15, 0.2) is 39.5 Å². The maximum atomic E-state index is 12.0. The van der Waals surface area contributed by atoms with Gasteiger partial charge in [-0.3, -0.25) is 10.1 Å². The molecule has 0 aliphatic heterocycles. The maximum Gasteiger partial charge on any atom is 0.339 e. The Bertz CT molecular complexity index is 1100. The van der Waals surface area contributed by atoms with E-state index in [4.69, 9.17) is 13.9 Å². The summed E-state index contributed by atoms with van der Waals surface area (Å²) in [6, 6.07) is 7.98. The van der Waals surface area contributed by atoms with Gasteiger partial charge in [-0.15, -0.1) is 0 Å². The van der Waals surface area contributed by atoms with Gasteiger partial charge in [-0.25, -0.2) is 4.79 Å². The molecule has 3 rings (SSSR count). The van der Waals surface area contributed by atoms with Crippen LogP contribution in [-0.4, -0.2) is 12.0 Å². The molecule has 0 fully saturated rings. The van der Waals surface area contributed by atoms with Crippen molar-refractivity contribution < 1.29 is 18.8 Å². The molecule has 0 atom stereocenters. The molecule has 0 radical (unpaired) electrons. The molecule has 27 heavy (non-hydrogen) atoms. The molecular weight excluding hydrogens is 350 g/mol. The number of hydrogen-bond donors (Lipinski definition) is 0. The molecule has 140 valence electrons. The van der Waals surface area contributed by atoms with Crippen LogP contribution in [0.1, 0.15) is 22.3 Å². The minimum atomic E-state index is -0.465. The van der Waals surface area contributed by atoms with E-state index in [2.05, 4.69) is 0 Å². The number of ether oxygens (including phenoxy) is 2. The van der Waals surface area contributed by atoms with Crippen LogP contribution < -0.4 is 15.1 Å². The van der Waals surface area contributed by atoms with Crippen molar-refractivity contribution in [1.29, 1.82) is 0 Å².